The summed E-state index contributed by atoms with van der Waals surface area (Å²) in [6.45, 7) is 0.309. The molecule has 2 aliphatic rings. The van der Waals surface area contributed by atoms with Crippen LogP contribution in [-0.2, 0) is 11.2 Å². The first kappa shape index (κ1) is 18.0. The summed E-state index contributed by atoms with van der Waals surface area (Å²) in [5.74, 6) is 3.12. The molecule has 2 aliphatic heterocycles. The minimum Gasteiger partial charge on any atom is -0.481 e. The van der Waals surface area contributed by atoms with Crippen LogP contribution in [0, 0.1) is 0 Å². The first-order valence-electron chi connectivity index (χ1n) is 9.14. The van der Waals surface area contributed by atoms with E-state index in [1.807, 2.05) is 0 Å². The number of carboxylic acid groups (broad SMARTS) is 1. The van der Waals surface area contributed by atoms with Crippen LogP contribution in [0.1, 0.15) is 5.56 Å². The molecule has 0 saturated carbocycles. The molecule has 30 heavy (non-hydrogen) atoms. The number of hydrogen-bond acceptors (Lipinski definition) is 7. The molecular formula is C22H16O8. The second-order valence-electron chi connectivity index (χ2n) is 6.54. The molecule has 0 amide bonds. The third kappa shape index (κ3) is 3.50. The molecule has 3 aromatic carbocycles. The van der Waals surface area contributed by atoms with Gasteiger partial charge in [0, 0.05) is 17.7 Å². The lowest BCUT2D eigenvalue weighted by Crippen LogP contribution is -2.04. The third-order valence-electron chi connectivity index (χ3n) is 4.56. The molecule has 0 aromatic heterocycles. The van der Waals surface area contributed by atoms with Crippen molar-refractivity contribution >= 4 is 5.97 Å². The fourth-order valence-electron chi connectivity index (χ4n) is 3.20. The van der Waals surface area contributed by atoms with Crippen molar-refractivity contribution in [3.63, 3.8) is 0 Å². The normalized spacial score (nSPS) is 13.2. The van der Waals surface area contributed by atoms with Gasteiger partial charge in [0.25, 0.3) is 0 Å². The molecule has 0 fully saturated rings. The van der Waals surface area contributed by atoms with Crippen LogP contribution in [-0.4, -0.2) is 24.7 Å². The van der Waals surface area contributed by atoms with E-state index in [1.165, 1.54) is 0 Å². The van der Waals surface area contributed by atoms with Gasteiger partial charge >= 0.3 is 5.97 Å². The molecule has 5 rings (SSSR count). The molecule has 0 saturated heterocycles. The topological polar surface area (TPSA) is 92.7 Å². The Morgan fingerprint density at radius 1 is 0.767 bits per heavy atom. The van der Waals surface area contributed by atoms with Gasteiger partial charge in [0.15, 0.2) is 23.0 Å². The van der Waals surface area contributed by atoms with Gasteiger partial charge in [-0.2, -0.15) is 0 Å². The SMILES string of the molecule is O=C(O)Cc1c(Oc2ccc3c(c2)OCO3)cccc1Oc1ccc2c(c1)OCO2. The Morgan fingerprint density at radius 3 is 1.77 bits per heavy atom. The van der Waals surface area contributed by atoms with Gasteiger partial charge in [-0.1, -0.05) is 6.07 Å². The summed E-state index contributed by atoms with van der Waals surface area (Å²) in [6, 6.07) is 15.4. The van der Waals surface area contributed by atoms with Gasteiger partial charge in [0.2, 0.25) is 13.6 Å². The van der Waals surface area contributed by atoms with Gasteiger partial charge in [0.1, 0.15) is 23.0 Å². The number of carboxylic acids is 1. The zero-order valence-corrected chi connectivity index (χ0v) is 15.6. The predicted octanol–water partition coefficient (Wildman–Crippen LogP) is 4.36. The van der Waals surface area contributed by atoms with E-state index in [2.05, 4.69) is 0 Å². The fourth-order valence-corrected chi connectivity index (χ4v) is 3.20. The van der Waals surface area contributed by atoms with Crippen LogP contribution in [0.3, 0.4) is 0 Å². The molecule has 8 nitrogen and oxygen atoms in total. The highest BCUT2D eigenvalue weighted by Crippen LogP contribution is 2.41. The van der Waals surface area contributed by atoms with Crippen molar-refractivity contribution in [1.29, 1.82) is 0 Å². The summed E-state index contributed by atoms with van der Waals surface area (Å²) >= 11 is 0. The first-order chi connectivity index (χ1) is 14.7. The quantitative estimate of drug-likeness (QED) is 0.643. The van der Waals surface area contributed by atoms with Crippen molar-refractivity contribution in [1.82, 2.24) is 0 Å². The van der Waals surface area contributed by atoms with E-state index in [9.17, 15) is 9.90 Å². The highest BCUT2D eigenvalue weighted by molar-refractivity contribution is 5.73. The Labute approximate surface area is 171 Å². The molecule has 1 N–H and O–H groups in total. The van der Waals surface area contributed by atoms with Crippen molar-refractivity contribution in [3.05, 3.63) is 60.2 Å². The average Bonchev–Trinajstić information content (AvgIpc) is 3.38. The van der Waals surface area contributed by atoms with Crippen molar-refractivity contribution in [2.24, 2.45) is 0 Å². The maximum Gasteiger partial charge on any atom is 0.308 e. The number of rotatable bonds is 6. The lowest BCUT2D eigenvalue weighted by Gasteiger charge is -2.15. The van der Waals surface area contributed by atoms with Crippen molar-refractivity contribution in [2.45, 2.75) is 6.42 Å². The lowest BCUT2D eigenvalue weighted by atomic mass is 10.1. The zero-order chi connectivity index (χ0) is 20.5. The van der Waals surface area contributed by atoms with E-state index in [0.29, 0.717) is 51.6 Å². The van der Waals surface area contributed by atoms with E-state index in [-0.39, 0.29) is 20.0 Å². The van der Waals surface area contributed by atoms with Crippen LogP contribution in [0.15, 0.2) is 54.6 Å². The highest BCUT2D eigenvalue weighted by atomic mass is 16.7. The van der Waals surface area contributed by atoms with E-state index < -0.39 is 5.97 Å². The minimum absolute atomic E-state index is 0.155. The monoisotopic (exact) mass is 408 g/mol. The summed E-state index contributed by atoms with van der Waals surface area (Å²) in [5.41, 5.74) is 0.403. The van der Waals surface area contributed by atoms with Gasteiger partial charge in [-0.15, -0.1) is 0 Å². The van der Waals surface area contributed by atoms with E-state index in [4.69, 9.17) is 28.4 Å². The molecule has 3 aromatic rings. The average molecular weight is 408 g/mol. The molecular weight excluding hydrogens is 392 g/mol. The Bertz CT molecular complexity index is 1050. The number of fused-ring (bicyclic) bond motifs is 2. The van der Waals surface area contributed by atoms with Crippen LogP contribution in [0.25, 0.3) is 0 Å². The highest BCUT2D eigenvalue weighted by Gasteiger charge is 2.19. The lowest BCUT2D eigenvalue weighted by molar-refractivity contribution is -0.136. The molecule has 0 radical (unpaired) electrons. The maximum atomic E-state index is 11.5. The fraction of sp³-hybridized carbons (Fsp3) is 0.136. The first-order valence-corrected chi connectivity index (χ1v) is 9.14. The predicted molar refractivity (Wildman–Crippen MR) is 103 cm³/mol. The number of ether oxygens (including phenoxy) is 6. The number of carbonyl (C=O) groups is 1. The Morgan fingerprint density at radius 2 is 1.27 bits per heavy atom. The van der Waals surface area contributed by atoms with Crippen LogP contribution in [0.4, 0.5) is 0 Å². The molecule has 0 bridgehead atoms. The second-order valence-corrected chi connectivity index (χ2v) is 6.54. The standard InChI is InChI=1S/C22H16O8/c23-22(24)10-15-16(29-13-4-6-18-20(8-13)27-11-25-18)2-1-3-17(15)30-14-5-7-19-21(9-14)28-12-26-19/h1-9H,10-12H2,(H,23,24). The summed E-state index contributed by atoms with van der Waals surface area (Å²) in [4.78, 5) is 11.5. The molecule has 152 valence electrons. The number of aliphatic carboxylic acids is 1. The second kappa shape index (κ2) is 7.40. The smallest absolute Gasteiger partial charge is 0.308 e. The maximum absolute atomic E-state index is 11.5. The van der Waals surface area contributed by atoms with E-state index in [0.717, 1.165) is 0 Å². The number of hydrogen-bond donors (Lipinski definition) is 1. The van der Waals surface area contributed by atoms with Crippen molar-refractivity contribution < 1.29 is 38.3 Å². The van der Waals surface area contributed by atoms with Gasteiger partial charge in [-0.3, -0.25) is 4.79 Å². The van der Waals surface area contributed by atoms with Crippen LogP contribution in [0.2, 0.25) is 0 Å². The largest absolute Gasteiger partial charge is 0.481 e. The summed E-state index contributed by atoms with van der Waals surface area (Å²) in [7, 11) is 0. The zero-order valence-electron chi connectivity index (χ0n) is 15.6. The van der Waals surface area contributed by atoms with E-state index in [1.54, 1.807) is 54.6 Å². The summed E-state index contributed by atoms with van der Waals surface area (Å²) in [6.07, 6.45) is -0.277. The van der Waals surface area contributed by atoms with Crippen LogP contribution >= 0.6 is 0 Å². The van der Waals surface area contributed by atoms with Gasteiger partial charge < -0.3 is 33.5 Å². The van der Waals surface area contributed by atoms with E-state index >= 15 is 0 Å². The Balaban J connectivity index is 1.46. The van der Waals surface area contributed by atoms with Crippen molar-refractivity contribution in [2.75, 3.05) is 13.6 Å². The molecule has 8 heteroatoms. The summed E-state index contributed by atoms with van der Waals surface area (Å²) in [5, 5.41) is 9.42. The van der Waals surface area contributed by atoms with Crippen molar-refractivity contribution in [3.8, 4) is 46.0 Å². The summed E-state index contributed by atoms with van der Waals surface area (Å²) < 4.78 is 33.3. The third-order valence-corrected chi connectivity index (χ3v) is 4.56. The molecule has 2 heterocycles. The van der Waals surface area contributed by atoms with Gasteiger partial charge in [-0.25, -0.2) is 0 Å². The number of benzene rings is 3. The Hall–Kier alpha value is -4.07. The molecule has 0 aliphatic carbocycles. The molecule has 0 unspecified atom stereocenters. The minimum atomic E-state index is -1.01. The molecule has 0 atom stereocenters. The molecule has 0 spiro atoms. The van der Waals surface area contributed by atoms with Gasteiger partial charge in [-0.05, 0) is 36.4 Å². The van der Waals surface area contributed by atoms with Crippen LogP contribution < -0.4 is 28.4 Å². The Kier molecular flexibility index (Phi) is 4.44. The van der Waals surface area contributed by atoms with Gasteiger partial charge in [0.05, 0.1) is 6.42 Å². The van der Waals surface area contributed by atoms with Crippen LogP contribution in [0.5, 0.6) is 46.0 Å².